The lowest BCUT2D eigenvalue weighted by molar-refractivity contribution is 0.350. The molecule has 1 aromatic rings. The zero-order valence-corrected chi connectivity index (χ0v) is 7.61. The number of rotatable bonds is 3. The molecule has 0 saturated carbocycles. The Labute approximate surface area is 76.4 Å². The maximum Gasteiger partial charge on any atom is 0.222 e. The van der Waals surface area contributed by atoms with Gasteiger partial charge >= 0.3 is 0 Å². The molecule has 0 unspecified atom stereocenters. The molecule has 0 spiro atoms. The van der Waals surface area contributed by atoms with E-state index in [4.69, 9.17) is 14.2 Å². The first-order valence-corrected chi connectivity index (χ1v) is 4.05. The Bertz CT molecular complexity index is 287. The van der Waals surface area contributed by atoms with Crippen molar-refractivity contribution in [2.24, 2.45) is 0 Å². The fraction of sp³-hybridized carbons (Fsp3) is 0.444. The van der Waals surface area contributed by atoms with E-state index in [1.165, 1.54) is 0 Å². The fourth-order valence-electron chi connectivity index (χ4n) is 1.29. The molecule has 1 fully saturated rings. The molecule has 4 heteroatoms. The SMILES string of the molecule is COc1ccnc(OC)c1[C@H]1CO1. The lowest BCUT2D eigenvalue weighted by Gasteiger charge is -2.08. The molecule has 0 amide bonds. The summed E-state index contributed by atoms with van der Waals surface area (Å²) in [6.45, 7) is 0.721. The first kappa shape index (κ1) is 8.31. The predicted molar refractivity (Wildman–Crippen MR) is 46.0 cm³/mol. The maximum atomic E-state index is 5.19. The van der Waals surface area contributed by atoms with Gasteiger partial charge in [0, 0.05) is 6.20 Å². The summed E-state index contributed by atoms with van der Waals surface area (Å²) in [7, 11) is 3.22. The van der Waals surface area contributed by atoms with E-state index in [1.54, 1.807) is 26.5 Å². The number of nitrogens with zero attached hydrogens (tertiary/aromatic N) is 1. The fourth-order valence-corrected chi connectivity index (χ4v) is 1.29. The van der Waals surface area contributed by atoms with Gasteiger partial charge in [0.15, 0.2) is 0 Å². The highest BCUT2D eigenvalue weighted by molar-refractivity contribution is 5.43. The normalized spacial score (nSPS) is 19.7. The van der Waals surface area contributed by atoms with Gasteiger partial charge in [-0.15, -0.1) is 0 Å². The van der Waals surface area contributed by atoms with Gasteiger partial charge in [-0.05, 0) is 6.07 Å². The maximum absolute atomic E-state index is 5.19. The summed E-state index contributed by atoms with van der Waals surface area (Å²) in [5.74, 6) is 1.36. The Hall–Kier alpha value is -1.29. The minimum atomic E-state index is 0.0959. The first-order valence-electron chi connectivity index (χ1n) is 4.05. The lowest BCUT2D eigenvalue weighted by Crippen LogP contribution is -1.97. The molecular weight excluding hydrogens is 170 g/mol. The highest BCUT2D eigenvalue weighted by Crippen LogP contribution is 2.40. The molecule has 0 N–H and O–H groups in total. The summed E-state index contributed by atoms with van der Waals surface area (Å²) in [5.41, 5.74) is 0.910. The van der Waals surface area contributed by atoms with Crippen LogP contribution < -0.4 is 9.47 Å². The van der Waals surface area contributed by atoms with Crippen molar-refractivity contribution in [3.8, 4) is 11.6 Å². The van der Waals surface area contributed by atoms with Gasteiger partial charge in [0.25, 0.3) is 0 Å². The van der Waals surface area contributed by atoms with Crippen molar-refractivity contribution >= 4 is 0 Å². The zero-order chi connectivity index (χ0) is 9.26. The number of methoxy groups -OCH3 is 2. The molecule has 0 bridgehead atoms. The van der Waals surface area contributed by atoms with Crippen LogP contribution in [0.4, 0.5) is 0 Å². The summed E-state index contributed by atoms with van der Waals surface area (Å²) in [6.07, 6.45) is 1.75. The Morgan fingerprint density at radius 1 is 1.46 bits per heavy atom. The summed E-state index contributed by atoms with van der Waals surface area (Å²) in [4.78, 5) is 4.08. The first-order chi connectivity index (χ1) is 6.36. The molecule has 1 aliphatic rings. The summed E-state index contributed by atoms with van der Waals surface area (Å²) in [5, 5.41) is 0. The zero-order valence-electron chi connectivity index (χ0n) is 7.61. The lowest BCUT2D eigenvalue weighted by atomic mass is 10.2. The molecule has 13 heavy (non-hydrogen) atoms. The number of epoxide rings is 1. The highest BCUT2D eigenvalue weighted by atomic mass is 16.6. The van der Waals surface area contributed by atoms with Crippen LogP contribution in [0.2, 0.25) is 0 Å². The Morgan fingerprint density at radius 3 is 2.77 bits per heavy atom. The van der Waals surface area contributed by atoms with Crippen molar-refractivity contribution in [1.29, 1.82) is 0 Å². The molecule has 70 valence electrons. The second kappa shape index (κ2) is 3.22. The van der Waals surface area contributed by atoms with E-state index in [2.05, 4.69) is 4.98 Å². The van der Waals surface area contributed by atoms with Crippen molar-refractivity contribution in [2.75, 3.05) is 20.8 Å². The molecule has 0 aliphatic carbocycles. The van der Waals surface area contributed by atoms with Gasteiger partial charge in [0.05, 0.1) is 26.4 Å². The molecule has 0 radical (unpaired) electrons. The molecule has 1 saturated heterocycles. The van der Waals surface area contributed by atoms with Crippen LogP contribution in [0.1, 0.15) is 11.7 Å². The number of hydrogen-bond acceptors (Lipinski definition) is 4. The van der Waals surface area contributed by atoms with Crippen LogP contribution in [0.15, 0.2) is 12.3 Å². The van der Waals surface area contributed by atoms with Gasteiger partial charge in [-0.1, -0.05) is 0 Å². The third kappa shape index (κ3) is 1.45. The molecule has 1 aliphatic heterocycles. The van der Waals surface area contributed by atoms with Crippen molar-refractivity contribution in [3.63, 3.8) is 0 Å². The van der Waals surface area contributed by atoms with Crippen LogP contribution in [-0.2, 0) is 4.74 Å². The Balaban J connectivity index is 2.44. The standard InChI is InChI=1S/C9H11NO3/c1-11-6-3-4-10-9(12-2)8(6)7-5-13-7/h3-4,7H,5H2,1-2H3/t7-/m1/s1. The van der Waals surface area contributed by atoms with Crippen molar-refractivity contribution in [3.05, 3.63) is 17.8 Å². The van der Waals surface area contributed by atoms with Gasteiger partial charge in [-0.2, -0.15) is 0 Å². The molecule has 2 heterocycles. The van der Waals surface area contributed by atoms with E-state index >= 15 is 0 Å². The van der Waals surface area contributed by atoms with Crippen molar-refractivity contribution < 1.29 is 14.2 Å². The quantitative estimate of drug-likeness (QED) is 0.656. The number of aromatic nitrogens is 1. The van der Waals surface area contributed by atoms with Crippen LogP contribution in [0.5, 0.6) is 11.6 Å². The monoisotopic (exact) mass is 181 g/mol. The minimum absolute atomic E-state index is 0.0959. The minimum Gasteiger partial charge on any atom is -0.496 e. The van der Waals surface area contributed by atoms with Gasteiger partial charge in [-0.25, -0.2) is 4.98 Å². The van der Waals surface area contributed by atoms with E-state index < -0.39 is 0 Å². The van der Waals surface area contributed by atoms with E-state index in [0.717, 1.165) is 17.9 Å². The smallest absolute Gasteiger partial charge is 0.222 e. The van der Waals surface area contributed by atoms with Gasteiger partial charge in [-0.3, -0.25) is 0 Å². The molecule has 1 aromatic heterocycles. The van der Waals surface area contributed by atoms with E-state index in [1.807, 2.05) is 0 Å². The summed E-state index contributed by atoms with van der Waals surface area (Å²) in [6, 6.07) is 1.81. The summed E-state index contributed by atoms with van der Waals surface area (Å²) >= 11 is 0. The molecular formula is C9H11NO3. The van der Waals surface area contributed by atoms with Crippen molar-refractivity contribution in [2.45, 2.75) is 6.10 Å². The number of pyridine rings is 1. The van der Waals surface area contributed by atoms with Crippen LogP contribution in [0.3, 0.4) is 0 Å². The van der Waals surface area contributed by atoms with Crippen LogP contribution in [0.25, 0.3) is 0 Å². The van der Waals surface area contributed by atoms with Crippen molar-refractivity contribution in [1.82, 2.24) is 4.98 Å². The second-order valence-corrected chi connectivity index (χ2v) is 2.76. The molecule has 4 nitrogen and oxygen atoms in total. The highest BCUT2D eigenvalue weighted by Gasteiger charge is 2.32. The Morgan fingerprint density at radius 2 is 2.23 bits per heavy atom. The molecule has 2 rings (SSSR count). The van der Waals surface area contributed by atoms with E-state index in [-0.39, 0.29) is 6.10 Å². The van der Waals surface area contributed by atoms with E-state index in [9.17, 15) is 0 Å². The van der Waals surface area contributed by atoms with Gasteiger partial charge in [0.2, 0.25) is 5.88 Å². The average Bonchev–Trinajstić information content (AvgIpc) is 3.00. The largest absolute Gasteiger partial charge is 0.496 e. The average molecular weight is 181 g/mol. The van der Waals surface area contributed by atoms with Crippen LogP contribution in [0, 0.1) is 0 Å². The Kier molecular flexibility index (Phi) is 2.06. The van der Waals surface area contributed by atoms with E-state index in [0.29, 0.717) is 5.88 Å². The third-order valence-electron chi connectivity index (χ3n) is 1.98. The predicted octanol–water partition coefficient (Wildman–Crippen LogP) is 1.17. The topological polar surface area (TPSA) is 43.9 Å². The molecule has 1 atom stereocenters. The third-order valence-corrected chi connectivity index (χ3v) is 1.98. The van der Waals surface area contributed by atoms with Gasteiger partial charge in [0.1, 0.15) is 11.9 Å². The van der Waals surface area contributed by atoms with Crippen LogP contribution in [-0.4, -0.2) is 25.8 Å². The number of ether oxygens (including phenoxy) is 3. The number of hydrogen-bond donors (Lipinski definition) is 0. The van der Waals surface area contributed by atoms with Gasteiger partial charge < -0.3 is 14.2 Å². The second-order valence-electron chi connectivity index (χ2n) is 2.76. The molecule has 0 aromatic carbocycles. The summed E-state index contributed by atoms with van der Waals surface area (Å²) < 4.78 is 15.5. The van der Waals surface area contributed by atoms with Crippen LogP contribution >= 0.6 is 0 Å².